The van der Waals surface area contributed by atoms with Gasteiger partial charge >= 0.3 is 0 Å². The van der Waals surface area contributed by atoms with Crippen molar-refractivity contribution in [1.82, 2.24) is 0 Å². The van der Waals surface area contributed by atoms with Crippen molar-refractivity contribution >= 4 is 5.71 Å². The van der Waals surface area contributed by atoms with Crippen molar-refractivity contribution < 1.29 is 4.84 Å². The molecule has 0 saturated carbocycles. The van der Waals surface area contributed by atoms with E-state index in [1.54, 1.807) is 0 Å². The summed E-state index contributed by atoms with van der Waals surface area (Å²) < 4.78 is 0. The second-order valence-electron chi connectivity index (χ2n) is 1.44. The van der Waals surface area contributed by atoms with Crippen molar-refractivity contribution in [3.05, 3.63) is 6.42 Å². The van der Waals surface area contributed by atoms with Gasteiger partial charge in [0, 0.05) is 6.42 Å². The van der Waals surface area contributed by atoms with Crippen molar-refractivity contribution in [2.45, 2.75) is 13.3 Å². The number of nitrogens with zero attached hydrogens (tertiary/aromatic N) is 1. The quantitative estimate of drug-likeness (QED) is 0.479. The van der Waals surface area contributed by atoms with Crippen LogP contribution in [0.5, 0.6) is 0 Å². The molecular formula is C5H8NO. The van der Waals surface area contributed by atoms with Crippen LogP contribution in [0.1, 0.15) is 13.3 Å². The molecule has 0 aromatic heterocycles. The van der Waals surface area contributed by atoms with Crippen molar-refractivity contribution in [3.63, 3.8) is 0 Å². The van der Waals surface area contributed by atoms with Gasteiger partial charge in [0.1, 0.15) is 6.61 Å². The summed E-state index contributed by atoms with van der Waals surface area (Å²) in [6.45, 7) is 2.73. The molecule has 1 radical (unpaired) electrons. The number of oxime groups is 1. The molecule has 0 spiro atoms. The van der Waals surface area contributed by atoms with Crippen LogP contribution < -0.4 is 0 Å². The first kappa shape index (κ1) is 4.62. The number of hydrogen-bond donors (Lipinski definition) is 0. The van der Waals surface area contributed by atoms with E-state index in [2.05, 4.69) is 16.9 Å². The Kier molecular flexibility index (Phi) is 1.29. The van der Waals surface area contributed by atoms with Gasteiger partial charge in [-0.2, -0.15) is 0 Å². The maximum absolute atomic E-state index is 4.68. The molecule has 0 amide bonds. The maximum atomic E-state index is 4.68. The summed E-state index contributed by atoms with van der Waals surface area (Å²) in [6.07, 6.45) is 2.97. The molecule has 2 nitrogen and oxygen atoms in total. The van der Waals surface area contributed by atoms with Crippen LogP contribution >= 0.6 is 0 Å². The molecule has 2 heteroatoms. The van der Waals surface area contributed by atoms with Crippen LogP contribution in [0.15, 0.2) is 5.16 Å². The predicted octanol–water partition coefficient (Wildman–Crippen LogP) is 0.987. The summed E-state index contributed by atoms with van der Waals surface area (Å²) in [7, 11) is 0. The van der Waals surface area contributed by atoms with Gasteiger partial charge in [-0.05, 0) is 6.42 Å². The summed E-state index contributed by atoms with van der Waals surface area (Å²) in [4.78, 5) is 4.68. The van der Waals surface area contributed by atoms with Crippen LogP contribution in [0, 0.1) is 6.42 Å². The van der Waals surface area contributed by atoms with E-state index in [0.717, 1.165) is 12.1 Å². The normalized spacial score (nSPS) is 18.7. The Labute approximate surface area is 43.2 Å². The van der Waals surface area contributed by atoms with Crippen LogP contribution in [0.4, 0.5) is 0 Å². The molecule has 0 aromatic carbocycles. The lowest BCUT2D eigenvalue weighted by molar-refractivity contribution is 0.186. The highest BCUT2D eigenvalue weighted by Gasteiger charge is 2.03. The zero-order valence-corrected chi connectivity index (χ0v) is 4.35. The van der Waals surface area contributed by atoms with Crippen LogP contribution in [-0.2, 0) is 4.84 Å². The fourth-order valence-corrected chi connectivity index (χ4v) is 0.500. The average Bonchev–Trinajstić information content (AvgIpc) is 2.14. The Morgan fingerprint density at radius 1 is 2.00 bits per heavy atom. The Balaban J connectivity index is 2.36. The predicted molar refractivity (Wildman–Crippen MR) is 28.0 cm³/mol. The van der Waals surface area contributed by atoms with E-state index in [0.29, 0.717) is 6.61 Å². The van der Waals surface area contributed by atoms with E-state index < -0.39 is 0 Å². The van der Waals surface area contributed by atoms with Crippen molar-refractivity contribution in [2.75, 3.05) is 6.61 Å². The topological polar surface area (TPSA) is 21.6 Å². The third-order valence-corrected chi connectivity index (χ3v) is 0.938. The smallest absolute Gasteiger partial charge is 0.126 e. The molecule has 1 rings (SSSR count). The van der Waals surface area contributed by atoms with Crippen LogP contribution in [0.3, 0.4) is 0 Å². The van der Waals surface area contributed by atoms with E-state index in [1.807, 2.05) is 6.42 Å². The lowest BCUT2D eigenvalue weighted by Gasteiger charge is -1.80. The van der Waals surface area contributed by atoms with E-state index >= 15 is 0 Å². The fourth-order valence-electron chi connectivity index (χ4n) is 0.500. The Hall–Kier alpha value is -0.530. The minimum atomic E-state index is 0.670. The second-order valence-corrected chi connectivity index (χ2v) is 1.44. The first-order valence-corrected chi connectivity index (χ1v) is 2.45. The van der Waals surface area contributed by atoms with Gasteiger partial charge in [-0.15, -0.1) is 0 Å². The molecule has 1 aliphatic rings. The van der Waals surface area contributed by atoms with Crippen molar-refractivity contribution in [3.8, 4) is 0 Å². The molecule has 1 aliphatic heterocycles. The molecule has 0 N–H and O–H groups in total. The Morgan fingerprint density at radius 3 is 3.14 bits per heavy atom. The van der Waals surface area contributed by atoms with Gasteiger partial charge in [0.15, 0.2) is 0 Å². The Morgan fingerprint density at radius 2 is 2.86 bits per heavy atom. The molecule has 0 fully saturated rings. The van der Waals surface area contributed by atoms with E-state index in [1.165, 1.54) is 0 Å². The van der Waals surface area contributed by atoms with E-state index in [4.69, 9.17) is 0 Å². The molecule has 0 saturated heterocycles. The third kappa shape index (κ3) is 0.918. The summed E-state index contributed by atoms with van der Waals surface area (Å²) in [5.74, 6) is 0. The number of hydrogen-bond acceptors (Lipinski definition) is 2. The van der Waals surface area contributed by atoms with Gasteiger partial charge in [0.2, 0.25) is 0 Å². The Bertz CT molecular complexity index is 88.1. The highest BCUT2D eigenvalue weighted by atomic mass is 16.6. The molecule has 7 heavy (non-hydrogen) atoms. The van der Waals surface area contributed by atoms with Gasteiger partial charge in [-0.1, -0.05) is 12.1 Å². The lowest BCUT2D eigenvalue weighted by atomic mass is 10.2. The maximum Gasteiger partial charge on any atom is 0.126 e. The zero-order valence-electron chi connectivity index (χ0n) is 4.35. The van der Waals surface area contributed by atoms with Crippen molar-refractivity contribution in [2.24, 2.45) is 5.16 Å². The van der Waals surface area contributed by atoms with Gasteiger partial charge in [-0.3, -0.25) is 0 Å². The first-order chi connectivity index (χ1) is 3.43. The molecule has 1 heterocycles. The van der Waals surface area contributed by atoms with Gasteiger partial charge in [0.25, 0.3) is 0 Å². The molecule has 0 unspecified atom stereocenters. The average molecular weight is 98.1 g/mol. The van der Waals surface area contributed by atoms with Gasteiger partial charge in [0.05, 0.1) is 5.71 Å². The summed E-state index contributed by atoms with van der Waals surface area (Å²) in [5.41, 5.74) is 1.07. The third-order valence-electron chi connectivity index (χ3n) is 0.938. The van der Waals surface area contributed by atoms with Gasteiger partial charge in [-0.25, -0.2) is 0 Å². The molecule has 0 aliphatic carbocycles. The molecule has 0 atom stereocenters. The minimum Gasteiger partial charge on any atom is -0.395 e. The first-order valence-electron chi connectivity index (χ1n) is 2.45. The monoisotopic (exact) mass is 98.1 g/mol. The highest BCUT2D eigenvalue weighted by molar-refractivity contribution is 5.92. The molecule has 0 aromatic rings. The highest BCUT2D eigenvalue weighted by Crippen LogP contribution is 2.00. The standard InChI is InChI=1S/C5H8NO/c1-2-5-3-4-7-6-5/h3H,2,4H2,1H3. The minimum absolute atomic E-state index is 0.670. The second kappa shape index (κ2) is 1.96. The zero-order chi connectivity index (χ0) is 5.11. The summed E-state index contributed by atoms with van der Waals surface area (Å²) in [6, 6.07) is 0. The largest absolute Gasteiger partial charge is 0.395 e. The van der Waals surface area contributed by atoms with E-state index in [9.17, 15) is 0 Å². The van der Waals surface area contributed by atoms with Crippen molar-refractivity contribution in [1.29, 1.82) is 0 Å². The number of rotatable bonds is 1. The summed E-state index contributed by atoms with van der Waals surface area (Å²) in [5, 5.41) is 3.72. The SMILES string of the molecule is CCC1=NOC[CH]1. The summed E-state index contributed by atoms with van der Waals surface area (Å²) >= 11 is 0. The molecular weight excluding hydrogens is 90.1 g/mol. The fraction of sp³-hybridized carbons (Fsp3) is 0.600. The van der Waals surface area contributed by atoms with Gasteiger partial charge < -0.3 is 4.84 Å². The lowest BCUT2D eigenvalue weighted by Crippen LogP contribution is -1.90. The van der Waals surface area contributed by atoms with E-state index in [-0.39, 0.29) is 0 Å². The molecule has 39 valence electrons. The molecule has 0 bridgehead atoms. The van der Waals surface area contributed by atoms with Crippen LogP contribution in [-0.4, -0.2) is 12.3 Å². The van der Waals surface area contributed by atoms with Crippen LogP contribution in [0.2, 0.25) is 0 Å². The van der Waals surface area contributed by atoms with Crippen LogP contribution in [0.25, 0.3) is 0 Å².